The summed E-state index contributed by atoms with van der Waals surface area (Å²) in [5.74, 6) is 0.0506. The van der Waals surface area contributed by atoms with Gasteiger partial charge in [0.15, 0.2) is 0 Å². The third kappa shape index (κ3) is 4.24. The normalized spacial score (nSPS) is 20.0. The molecule has 2 amide bonds. The number of hydrogen-bond acceptors (Lipinski definition) is 2. The molecule has 2 heterocycles. The zero-order valence-corrected chi connectivity index (χ0v) is 16.1. The van der Waals surface area contributed by atoms with E-state index in [9.17, 15) is 18.0 Å². The number of benzene rings is 2. The molecule has 2 aromatic carbocycles. The summed E-state index contributed by atoms with van der Waals surface area (Å²) in [7, 11) is 0. The molecular formula is C22H24F3N3O. The first-order valence-electron chi connectivity index (χ1n) is 9.97. The van der Waals surface area contributed by atoms with Gasteiger partial charge in [-0.25, -0.2) is 4.79 Å². The van der Waals surface area contributed by atoms with Crippen LogP contribution in [0, 0.1) is 0 Å². The molecule has 2 aromatic rings. The van der Waals surface area contributed by atoms with E-state index in [0.717, 1.165) is 55.1 Å². The van der Waals surface area contributed by atoms with E-state index in [-0.39, 0.29) is 25.0 Å². The number of halogens is 3. The van der Waals surface area contributed by atoms with E-state index in [1.54, 1.807) is 0 Å². The van der Waals surface area contributed by atoms with Gasteiger partial charge in [-0.2, -0.15) is 13.2 Å². The largest absolute Gasteiger partial charge is 0.416 e. The van der Waals surface area contributed by atoms with Crippen LogP contribution in [0.1, 0.15) is 47.4 Å². The summed E-state index contributed by atoms with van der Waals surface area (Å²) in [6.07, 6.45) is -1.90. The van der Waals surface area contributed by atoms with Crippen molar-refractivity contribution in [3.63, 3.8) is 0 Å². The highest BCUT2D eigenvalue weighted by atomic mass is 19.4. The Morgan fingerprint density at radius 2 is 1.86 bits per heavy atom. The zero-order valence-electron chi connectivity index (χ0n) is 16.1. The van der Waals surface area contributed by atoms with Gasteiger partial charge in [-0.3, -0.25) is 4.90 Å². The Balaban J connectivity index is 1.80. The molecule has 2 aliphatic heterocycles. The SMILES string of the molecule is O=C1NCc2c(C3CCCNCC3)cc(C(F)(F)F)cc2N1Cc1ccccc1. The van der Waals surface area contributed by atoms with E-state index < -0.39 is 11.7 Å². The number of hydrogen-bond donors (Lipinski definition) is 2. The van der Waals surface area contributed by atoms with Crippen molar-refractivity contribution in [2.45, 2.75) is 44.4 Å². The number of anilines is 1. The second kappa shape index (κ2) is 8.06. The van der Waals surface area contributed by atoms with Crippen LogP contribution < -0.4 is 15.5 Å². The summed E-state index contributed by atoms with van der Waals surface area (Å²) in [4.78, 5) is 14.0. The molecule has 4 nitrogen and oxygen atoms in total. The van der Waals surface area contributed by atoms with Crippen molar-refractivity contribution in [1.29, 1.82) is 0 Å². The summed E-state index contributed by atoms with van der Waals surface area (Å²) >= 11 is 0. The minimum absolute atomic E-state index is 0.0506. The molecule has 0 bridgehead atoms. The summed E-state index contributed by atoms with van der Waals surface area (Å²) in [5.41, 5.74) is 2.08. The molecule has 0 spiro atoms. The van der Waals surface area contributed by atoms with Crippen LogP contribution in [0.3, 0.4) is 0 Å². The summed E-state index contributed by atoms with van der Waals surface area (Å²) in [6.45, 7) is 2.16. The second-order valence-corrected chi connectivity index (χ2v) is 7.67. The van der Waals surface area contributed by atoms with Crippen LogP contribution in [0.5, 0.6) is 0 Å². The molecule has 4 rings (SSSR count). The molecule has 154 valence electrons. The van der Waals surface area contributed by atoms with Gasteiger partial charge >= 0.3 is 12.2 Å². The van der Waals surface area contributed by atoms with Crippen LogP contribution in [0.15, 0.2) is 42.5 Å². The maximum atomic E-state index is 13.7. The van der Waals surface area contributed by atoms with E-state index in [4.69, 9.17) is 0 Å². The molecule has 2 aliphatic rings. The summed E-state index contributed by atoms with van der Waals surface area (Å²) in [5, 5.41) is 6.17. The number of rotatable bonds is 3. The molecule has 1 fully saturated rings. The topological polar surface area (TPSA) is 44.4 Å². The third-order valence-corrected chi connectivity index (χ3v) is 5.74. The molecule has 7 heteroatoms. The average molecular weight is 403 g/mol. The zero-order chi connectivity index (χ0) is 20.4. The molecule has 0 aromatic heterocycles. The maximum Gasteiger partial charge on any atom is 0.416 e. The minimum atomic E-state index is -4.46. The monoisotopic (exact) mass is 403 g/mol. The van der Waals surface area contributed by atoms with Crippen molar-refractivity contribution in [1.82, 2.24) is 10.6 Å². The smallest absolute Gasteiger partial charge is 0.334 e. The molecule has 0 aliphatic carbocycles. The fourth-order valence-corrected chi connectivity index (χ4v) is 4.26. The Morgan fingerprint density at radius 1 is 1.07 bits per heavy atom. The fraction of sp³-hybridized carbons (Fsp3) is 0.409. The van der Waals surface area contributed by atoms with Crippen molar-refractivity contribution < 1.29 is 18.0 Å². The van der Waals surface area contributed by atoms with Crippen LogP contribution in [0.2, 0.25) is 0 Å². The first kappa shape index (κ1) is 19.8. The lowest BCUT2D eigenvalue weighted by molar-refractivity contribution is -0.137. The molecular weight excluding hydrogens is 379 g/mol. The lowest BCUT2D eigenvalue weighted by Gasteiger charge is -2.34. The number of amides is 2. The quantitative estimate of drug-likeness (QED) is 0.774. The van der Waals surface area contributed by atoms with Gasteiger partial charge in [0, 0.05) is 6.54 Å². The van der Waals surface area contributed by atoms with Gasteiger partial charge in [0.05, 0.1) is 17.8 Å². The first-order chi connectivity index (χ1) is 13.9. The van der Waals surface area contributed by atoms with Gasteiger partial charge in [0.25, 0.3) is 0 Å². The number of alkyl halides is 3. The highest BCUT2D eigenvalue weighted by Gasteiger charge is 2.36. The number of fused-ring (bicyclic) bond motifs is 1. The van der Waals surface area contributed by atoms with Crippen LogP contribution in [0.4, 0.5) is 23.7 Å². The van der Waals surface area contributed by atoms with Crippen molar-refractivity contribution >= 4 is 11.7 Å². The molecule has 29 heavy (non-hydrogen) atoms. The summed E-state index contributed by atoms with van der Waals surface area (Å²) in [6, 6.07) is 11.4. The van der Waals surface area contributed by atoms with Crippen molar-refractivity contribution in [3.8, 4) is 0 Å². The molecule has 0 radical (unpaired) electrons. The first-order valence-corrected chi connectivity index (χ1v) is 9.97. The van der Waals surface area contributed by atoms with Crippen molar-refractivity contribution in [2.75, 3.05) is 18.0 Å². The number of carbonyl (C=O) groups is 1. The van der Waals surface area contributed by atoms with Gasteiger partial charge in [-0.1, -0.05) is 30.3 Å². The molecule has 0 saturated carbocycles. The van der Waals surface area contributed by atoms with Crippen LogP contribution in [0.25, 0.3) is 0 Å². The highest BCUT2D eigenvalue weighted by Crippen LogP contribution is 2.41. The summed E-state index contributed by atoms with van der Waals surface area (Å²) < 4.78 is 41.1. The van der Waals surface area contributed by atoms with E-state index in [1.807, 2.05) is 30.3 Å². The fourth-order valence-electron chi connectivity index (χ4n) is 4.26. The molecule has 1 atom stereocenters. The predicted octanol–water partition coefficient (Wildman–Crippen LogP) is 4.79. The lowest BCUT2D eigenvalue weighted by atomic mass is 9.85. The van der Waals surface area contributed by atoms with Gasteiger partial charge in [-0.15, -0.1) is 0 Å². The van der Waals surface area contributed by atoms with E-state index in [2.05, 4.69) is 10.6 Å². The Labute approximate surface area is 168 Å². The van der Waals surface area contributed by atoms with Crippen molar-refractivity contribution in [2.24, 2.45) is 0 Å². The van der Waals surface area contributed by atoms with Crippen LogP contribution >= 0.6 is 0 Å². The molecule has 1 saturated heterocycles. The highest BCUT2D eigenvalue weighted by molar-refractivity contribution is 5.95. The Hall–Kier alpha value is -2.54. The van der Waals surface area contributed by atoms with Crippen LogP contribution in [-0.4, -0.2) is 19.1 Å². The Morgan fingerprint density at radius 3 is 2.62 bits per heavy atom. The minimum Gasteiger partial charge on any atom is -0.334 e. The Kier molecular flexibility index (Phi) is 5.50. The van der Waals surface area contributed by atoms with Gasteiger partial charge in [0.1, 0.15) is 0 Å². The third-order valence-electron chi connectivity index (χ3n) is 5.74. The van der Waals surface area contributed by atoms with E-state index in [0.29, 0.717) is 5.69 Å². The maximum absolute atomic E-state index is 13.7. The number of urea groups is 1. The predicted molar refractivity (Wildman–Crippen MR) is 106 cm³/mol. The van der Waals surface area contributed by atoms with Crippen molar-refractivity contribution in [3.05, 3.63) is 64.7 Å². The van der Waals surface area contributed by atoms with Gasteiger partial charge in [0.2, 0.25) is 0 Å². The molecule has 2 N–H and O–H groups in total. The number of nitrogens with zero attached hydrogens (tertiary/aromatic N) is 1. The van der Waals surface area contributed by atoms with Gasteiger partial charge < -0.3 is 10.6 Å². The van der Waals surface area contributed by atoms with Gasteiger partial charge in [-0.05, 0) is 67.1 Å². The van der Waals surface area contributed by atoms with Crippen LogP contribution in [-0.2, 0) is 19.3 Å². The van der Waals surface area contributed by atoms with E-state index >= 15 is 0 Å². The Bertz CT molecular complexity index is 875. The lowest BCUT2D eigenvalue weighted by Crippen LogP contribution is -2.44. The molecule has 1 unspecified atom stereocenters. The van der Waals surface area contributed by atoms with E-state index in [1.165, 1.54) is 11.0 Å². The standard InChI is InChI=1S/C22H24F3N3O/c23-22(24,25)17-11-18(16-7-4-9-26-10-8-16)19-13-27-21(29)28(20(19)12-17)14-15-5-2-1-3-6-15/h1-3,5-6,11-12,16,26H,4,7-10,13-14H2,(H,27,29). The number of carbonyl (C=O) groups excluding carboxylic acids is 1. The average Bonchev–Trinajstić information content (AvgIpc) is 2.99. The number of nitrogens with one attached hydrogen (secondary N) is 2. The second-order valence-electron chi connectivity index (χ2n) is 7.67.